The SMILES string of the molecule is Cn1c(SCc2cc(=O)n3ccccc3n2)nnc1C1CCS(=O)(=O)C1. The summed E-state index contributed by atoms with van der Waals surface area (Å²) in [5, 5.41) is 9.04. The molecule has 4 rings (SSSR count). The molecule has 0 spiro atoms. The molecule has 0 aromatic carbocycles. The van der Waals surface area contributed by atoms with E-state index in [9.17, 15) is 13.2 Å². The molecule has 0 amide bonds. The molecule has 10 heteroatoms. The number of hydrogen-bond donors (Lipinski definition) is 0. The highest BCUT2D eigenvalue weighted by Gasteiger charge is 2.32. The van der Waals surface area contributed by atoms with Crippen molar-refractivity contribution < 1.29 is 8.42 Å². The van der Waals surface area contributed by atoms with Gasteiger partial charge in [0.15, 0.2) is 15.0 Å². The molecule has 0 saturated carbocycles. The summed E-state index contributed by atoms with van der Waals surface area (Å²) < 4.78 is 26.7. The number of hydrogen-bond acceptors (Lipinski definition) is 7. The zero-order valence-electron chi connectivity index (χ0n) is 14.1. The topological polar surface area (TPSA) is 99.2 Å². The van der Waals surface area contributed by atoms with Gasteiger partial charge in [0.1, 0.15) is 11.5 Å². The number of pyridine rings is 1. The lowest BCUT2D eigenvalue weighted by Crippen LogP contribution is -2.14. The summed E-state index contributed by atoms with van der Waals surface area (Å²) in [7, 11) is -1.13. The highest BCUT2D eigenvalue weighted by Crippen LogP contribution is 2.29. The zero-order chi connectivity index (χ0) is 18.3. The molecule has 4 heterocycles. The monoisotopic (exact) mass is 391 g/mol. The Balaban J connectivity index is 1.53. The van der Waals surface area contributed by atoms with Crippen molar-refractivity contribution in [2.45, 2.75) is 23.2 Å². The Morgan fingerprint density at radius 3 is 2.92 bits per heavy atom. The third-order valence-corrected chi connectivity index (χ3v) is 7.26. The maximum atomic E-state index is 12.1. The van der Waals surface area contributed by atoms with Crippen LogP contribution in [0.2, 0.25) is 0 Å². The van der Waals surface area contributed by atoms with Gasteiger partial charge in [-0.3, -0.25) is 9.20 Å². The van der Waals surface area contributed by atoms with E-state index in [1.54, 1.807) is 18.3 Å². The summed E-state index contributed by atoms with van der Waals surface area (Å²) >= 11 is 1.43. The molecule has 1 saturated heterocycles. The smallest absolute Gasteiger partial charge is 0.258 e. The van der Waals surface area contributed by atoms with E-state index in [0.29, 0.717) is 34.5 Å². The number of nitrogens with zero attached hydrogens (tertiary/aromatic N) is 5. The van der Waals surface area contributed by atoms with Crippen molar-refractivity contribution in [2.24, 2.45) is 7.05 Å². The first-order valence-electron chi connectivity index (χ1n) is 8.13. The van der Waals surface area contributed by atoms with E-state index < -0.39 is 9.84 Å². The number of sulfone groups is 1. The van der Waals surface area contributed by atoms with Gasteiger partial charge in [0.05, 0.1) is 17.2 Å². The highest BCUT2D eigenvalue weighted by molar-refractivity contribution is 7.98. The Morgan fingerprint density at radius 1 is 1.31 bits per heavy atom. The number of thioether (sulfide) groups is 1. The largest absolute Gasteiger partial charge is 0.309 e. The predicted molar refractivity (Wildman–Crippen MR) is 98.0 cm³/mol. The average Bonchev–Trinajstić information content (AvgIpc) is 3.15. The molecule has 8 nitrogen and oxygen atoms in total. The fraction of sp³-hybridized carbons (Fsp3) is 0.375. The molecule has 0 aliphatic carbocycles. The van der Waals surface area contributed by atoms with E-state index in [2.05, 4.69) is 15.2 Å². The van der Waals surface area contributed by atoms with Crippen LogP contribution in [0.25, 0.3) is 5.65 Å². The van der Waals surface area contributed by atoms with Gasteiger partial charge in [0.25, 0.3) is 5.56 Å². The van der Waals surface area contributed by atoms with Crippen molar-refractivity contribution in [3.8, 4) is 0 Å². The summed E-state index contributed by atoms with van der Waals surface area (Å²) in [4.78, 5) is 16.6. The van der Waals surface area contributed by atoms with E-state index in [-0.39, 0.29) is 23.0 Å². The first-order chi connectivity index (χ1) is 12.4. The first-order valence-corrected chi connectivity index (χ1v) is 10.9. The van der Waals surface area contributed by atoms with Crippen LogP contribution >= 0.6 is 11.8 Å². The van der Waals surface area contributed by atoms with Crippen LogP contribution in [0, 0.1) is 0 Å². The highest BCUT2D eigenvalue weighted by atomic mass is 32.2. The summed E-state index contributed by atoms with van der Waals surface area (Å²) in [6.45, 7) is 0. The van der Waals surface area contributed by atoms with Crippen LogP contribution < -0.4 is 5.56 Å². The van der Waals surface area contributed by atoms with E-state index in [4.69, 9.17) is 0 Å². The standard InChI is InChI=1S/C16H17N5O3S2/c1-20-15(11-5-7-26(23,24)10-11)18-19-16(20)25-9-12-8-14(22)21-6-3-2-4-13(21)17-12/h2-4,6,8,11H,5,7,9-10H2,1H3. The molecule has 0 N–H and O–H groups in total. The Bertz CT molecular complexity index is 1140. The second kappa shape index (κ2) is 6.51. The van der Waals surface area contributed by atoms with Crippen molar-refractivity contribution in [3.05, 3.63) is 52.3 Å². The van der Waals surface area contributed by atoms with Gasteiger partial charge in [-0.25, -0.2) is 13.4 Å². The second-order valence-corrected chi connectivity index (χ2v) is 9.47. The van der Waals surface area contributed by atoms with Crippen LogP contribution in [0.1, 0.15) is 23.9 Å². The number of aromatic nitrogens is 5. The predicted octanol–water partition coefficient (Wildman–Crippen LogP) is 1.02. The maximum Gasteiger partial charge on any atom is 0.258 e. The van der Waals surface area contributed by atoms with Crippen molar-refractivity contribution >= 4 is 27.2 Å². The third kappa shape index (κ3) is 3.26. The maximum absolute atomic E-state index is 12.1. The van der Waals surface area contributed by atoms with Gasteiger partial charge in [-0.05, 0) is 18.6 Å². The minimum atomic E-state index is -2.97. The summed E-state index contributed by atoms with van der Waals surface area (Å²) in [5.74, 6) is 1.41. The van der Waals surface area contributed by atoms with E-state index in [1.165, 1.54) is 22.2 Å². The van der Waals surface area contributed by atoms with Crippen LogP contribution in [0.15, 0.2) is 40.4 Å². The Labute approximate surface area is 154 Å². The van der Waals surface area contributed by atoms with E-state index in [1.807, 2.05) is 17.7 Å². The van der Waals surface area contributed by atoms with Crippen molar-refractivity contribution in [2.75, 3.05) is 11.5 Å². The molecule has 1 aliphatic rings. The van der Waals surface area contributed by atoms with E-state index in [0.717, 1.165) is 0 Å². The first kappa shape index (κ1) is 17.2. The summed E-state index contributed by atoms with van der Waals surface area (Å²) in [6.07, 6.45) is 2.27. The lowest BCUT2D eigenvalue weighted by atomic mass is 10.1. The van der Waals surface area contributed by atoms with Gasteiger partial charge in [-0.15, -0.1) is 10.2 Å². The van der Waals surface area contributed by atoms with E-state index >= 15 is 0 Å². The zero-order valence-corrected chi connectivity index (χ0v) is 15.7. The molecule has 1 fully saturated rings. The van der Waals surface area contributed by atoms with Crippen LogP contribution in [0.5, 0.6) is 0 Å². The van der Waals surface area contributed by atoms with Crippen LogP contribution in [0.4, 0.5) is 0 Å². The Hall–Kier alpha value is -2.20. The molecule has 1 unspecified atom stereocenters. The molecular weight excluding hydrogens is 374 g/mol. The van der Waals surface area contributed by atoms with Crippen LogP contribution in [-0.4, -0.2) is 44.1 Å². The normalized spacial score (nSPS) is 19.2. The van der Waals surface area contributed by atoms with Gasteiger partial charge in [-0.1, -0.05) is 17.8 Å². The van der Waals surface area contributed by atoms with Crippen LogP contribution in [0.3, 0.4) is 0 Å². The number of fused-ring (bicyclic) bond motifs is 1. The molecule has 0 radical (unpaired) electrons. The minimum absolute atomic E-state index is 0.102. The fourth-order valence-electron chi connectivity index (χ4n) is 3.12. The number of rotatable bonds is 4. The van der Waals surface area contributed by atoms with Crippen molar-refractivity contribution in [3.63, 3.8) is 0 Å². The van der Waals surface area contributed by atoms with Gasteiger partial charge in [-0.2, -0.15) is 0 Å². The third-order valence-electron chi connectivity index (χ3n) is 4.44. The van der Waals surface area contributed by atoms with Crippen LogP contribution in [-0.2, 0) is 22.6 Å². The molecule has 0 bridgehead atoms. The Morgan fingerprint density at radius 2 is 2.15 bits per heavy atom. The second-order valence-electron chi connectivity index (χ2n) is 6.30. The molecule has 3 aromatic heterocycles. The van der Waals surface area contributed by atoms with Crippen molar-refractivity contribution in [1.29, 1.82) is 0 Å². The molecular formula is C16H17N5O3S2. The molecule has 1 atom stereocenters. The molecule has 26 heavy (non-hydrogen) atoms. The molecule has 1 aliphatic heterocycles. The average molecular weight is 391 g/mol. The molecule has 136 valence electrons. The fourth-order valence-corrected chi connectivity index (χ4v) is 5.67. The van der Waals surface area contributed by atoms with Gasteiger partial charge in [0.2, 0.25) is 0 Å². The summed E-state index contributed by atoms with van der Waals surface area (Å²) in [6, 6.07) is 6.93. The van der Waals surface area contributed by atoms with Gasteiger partial charge >= 0.3 is 0 Å². The quantitative estimate of drug-likeness (QED) is 0.612. The van der Waals surface area contributed by atoms with Gasteiger partial charge in [0, 0.05) is 31.0 Å². The lowest BCUT2D eigenvalue weighted by Gasteiger charge is -2.08. The molecule has 3 aromatic rings. The van der Waals surface area contributed by atoms with Crippen molar-refractivity contribution in [1.82, 2.24) is 24.1 Å². The Kier molecular flexibility index (Phi) is 4.31. The van der Waals surface area contributed by atoms with Gasteiger partial charge < -0.3 is 4.57 Å². The minimum Gasteiger partial charge on any atom is -0.309 e. The lowest BCUT2D eigenvalue weighted by molar-refractivity contribution is 0.599. The summed E-state index contributed by atoms with van der Waals surface area (Å²) in [5.41, 5.74) is 1.14.